The Morgan fingerprint density at radius 3 is 2.53 bits per heavy atom. The van der Waals surface area contributed by atoms with E-state index in [2.05, 4.69) is 9.97 Å². The third-order valence-electron chi connectivity index (χ3n) is 2.73. The molecule has 1 rings (SSSR count). The van der Waals surface area contributed by atoms with Crippen molar-refractivity contribution in [1.82, 2.24) is 14.9 Å². The maximum atomic E-state index is 10.9. The maximum Gasteiger partial charge on any atom is 0.323 e. The van der Waals surface area contributed by atoms with Gasteiger partial charge in [0.15, 0.2) is 0 Å². The van der Waals surface area contributed by atoms with Gasteiger partial charge in [-0.2, -0.15) is 0 Å². The molecule has 0 bridgehead atoms. The zero-order valence-electron chi connectivity index (χ0n) is 12.0. The molecular formula is C13H22N4O2. The third kappa shape index (κ3) is 5.21. The van der Waals surface area contributed by atoms with Crippen molar-refractivity contribution in [2.45, 2.75) is 19.8 Å². The number of aliphatic carboxylic acids is 1. The summed E-state index contributed by atoms with van der Waals surface area (Å²) in [6.45, 7) is 5.44. The van der Waals surface area contributed by atoms with Gasteiger partial charge in [0.25, 0.3) is 0 Å². The highest BCUT2D eigenvalue weighted by Gasteiger charge is 2.14. The number of carboxylic acid groups (broad SMARTS) is 1. The van der Waals surface area contributed by atoms with Gasteiger partial charge in [-0.1, -0.05) is 13.8 Å². The van der Waals surface area contributed by atoms with Gasteiger partial charge in [0, 0.05) is 24.8 Å². The molecule has 0 saturated heterocycles. The molecule has 106 valence electrons. The molecule has 1 aromatic rings. The van der Waals surface area contributed by atoms with Crippen molar-refractivity contribution in [2.75, 3.05) is 38.6 Å². The van der Waals surface area contributed by atoms with Gasteiger partial charge in [-0.25, -0.2) is 9.97 Å². The Bertz CT molecular complexity index is 421. The van der Waals surface area contributed by atoms with Crippen molar-refractivity contribution in [3.63, 3.8) is 0 Å². The van der Waals surface area contributed by atoms with Crippen LogP contribution in [0.4, 0.5) is 5.82 Å². The van der Waals surface area contributed by atoms with E-state index < -0.39 is 5.97 Å². The van der Waals surface area contributed by atoms with Gasteiger partial charge >= 0.3 is 5.97 Å². The minimum atomic E-state index is -0.858. The van der Waals surface area contributed by atoms with Crippen LogP contribution >= 0.6 is 0 Å². The molecule has 0 aromatic carbocycles. The molecule has 0 fully saturated rings. The fourth-order valence-electron chi connectivity index (χ4n) is 1.61. The smallest absolute Gasteiger partial charge is 0.323 e. The summed E-state index contributed by atoms with van der Waals surface area (Å²) in [6, 6.07) is 1.86. The van der Waals surface area contributed by atoms with E-state index in [4.69, 9.17) is 5.11 Å². The second-order valence-electron chi connectivity index (χ2n) is 5.07. The van der Waals surface area contributed by atoms with Crippen LogP contribution in [0.15, 0.2) is 12.4 Å². The lowest BCUT2D eigenvalue weighted by Gasteiger charge is -2.24. The predicted molar refractivity (Wildman–Crippen MR) is 74.5 cm³/mol. The highest BCUT2D eigenvalue weighted by atomic mass is 16.4. The number of nitrogens with zero attached hydrogens (tertiary/aromatic N) is 4. The number of anilines is 1. The van der Waals surface area contributed by atoms with Gasteiger partial charge in [-0.15, -0.1) is 0 Å². The SMILES string of the molecule is CC(C)c1cc(N(CCN(C)C)CC(=O)O)ncn1. The Kier molecular flexibility index (Phi) is 5.69. The average molecular weight is 266 g/mol. The average Bonchev–Trinajstić information content (AvgIpc) is 2.34. The van der Waals surface area contributed by atoms with E-state index in [1.165, 1.54) is 6.33 Å². The number of hydrogen-bond acceptors (Lipinski definition) is 5. The van der Waals surface area contributed by atoms with Gasteiger partial charge in [0.05, 0.1) is 0 Å². The van der Waals surface area contributed by atoms with Crippen molar-refractivity contribution < 1.29 is 9.90 Å². The molecule has 0 saturated carbocycles. The van der Waals surface area contributed by atoms with Gasteiger partial charge in [-0.3, -0.25) is 4.79 Å². The predicted octanol–water partition coefficient (Wildman–Crippen LogP) is 1.05. The van der Waals surface area contributed by atoms with Gasteiger partial charge < -0.3 is 14.9 Å². The largest absolute Gasteiger partial charge is 0.480 e. The molecule has 1 heterocycles. The van der Waals surface area contributed by atoms with Gasteiger partial charge in [0.2, 0.25) is 0 Å². The standard InChI is InChI=1S/C13H22N4O2/c1-10(2)11-7-12(15-9-14-11)17(8-13(18)19)6-5-16(3)4/h7,9-10H,5-6,8H2,1-4H3,(H,18,19). The lowest BCUT2D eigenvalue weighted by Crippen LogP contribution is -2.36. The summed E-state index contributed by atoms with van der Waals surface area (Å²) in [5.74, 6) is 0.105. The number of hydrogen-bond donors (Lipinski definition) is 1. The first kappa shape index (κ1) is 15.4. The van der Waals surface area contributed by atoms with Crippen molar-refractivity contribution in [2.24, 2.45) is 0 Å². The lowest BCUT2D eigenvalue weighted by molar-refractivity contribution is -0.135. The van der Waals surface area contributed by atoms with Crippen LogP contribution in [-0.4, -0.2) is 59.7 Å². The van der Waals surface area contributed by atoms with E-state index in [1.807, 2.05) is 38.9 Å². The second kappa shape index (κ2) is 7.04. The summed E-state index contributed by atoms with van der Waals surface area (Å²) in [4.78, 5) is 23.1. The Hall–Kier alpha value is -1.69. The van der Waals surface area contributed by atoms with Crippen molar-refractivity contribution in [1.29, 1.82) is 0 Å². The molecule has 0 atom stereocenters. The fraction of sp³-hybridized carbons (Fsp3) is 0.615. The molecule has 1 N–H and O–H groups in total. The third-order valence-corrected chi connectivity index (χ3v) is 2.73. The van der Waals surface area contributed by atoms with Crippen LogP contribution in [0.3, 0.4) is 0 Å². The van der Waals surface area contributed by atoms with Crippen LogP contribution in [-0.2, 0) is 4.79 Å². The highest BCUT2D eigenvalue weighted by molar-refractivity contribution is 5.73. The Balaban J connectivity index is 2.89. The number of rotatable bonds is 7. The Labute approximate surface area is 114 Å². The summed E-state index contributed by atoms with van der Waals surface area (Å²) in [5, 5.41) is 8.99. The van der Waals surface area contributed by atoms with Crippen LogP contribution in [0.25, 0.3) is 0 Å². The van der Waals surface area contributed by atoms with E-state index in [9.17, 15) is 4.79 Å². The van der Waals surface area contributed by atoms with Crippen molar-refractivity contribution >= 4 is 11.8 Å². The number of carboxylic acids is 1. The molecular weight excluding hydrogens is 244 g/mol. The quantitative estimate of drug-likeness (QED) is 0.795. The maximum absolute atomic E-state index is 10.9. The molecule has 0 unspecified atom stereocenters. The first-order valence-electron chi connectivity index (χ1n) is 6.33. The van der Waals surface area contributed by atoms with E-state index in [0.29, 0.717) is 18.3 Å². The Morgan fingerprint density at radius 1 is 1.32 bits per heavy atom. The number of likely N-dealkylation sites (N-methyl/N-ethyl adjacent to an activating group) is 1. The molecule has 6 nitrogen and oxygen atoms in total. The molecule has 0 aliphatic carbocycles. The van der Waals surface area contributed by atoms with E-state index >= 15 is 0 Å². The summed E-state index contributed by atoms with van der Waals surface area (Å²) in [6.07, 6.45) is 1.50. The van der Waals surface area contributed by atoms with Crippen LogP contribution in [0.5, 0.6) is 0 Å². The van der Waals surface area contributed by atoms with Crippen molar-refractivity contribution in [3.05, 3.63) is 18.1 Å². The van der Waals surface area contributed by atoms with Crippen LogP contribution in [0.1, 0.15) is 25.5 Å². The summed E-state index contributed by atoms with van der Waals surface area (Å²) >= 11 is 0. The Morgan fingerprint density at radius 2 is 2.00 bits per heavy atom. The highest BCUT2D eigenvalue weighted by Crippen LogP contribution is 2.16. The topological polar surface area (TPSA) is 69.6 Å². The number of aromatic nitrogens is 2. The fourth-order valence-corrected chi connectivity index (χ4v) is 1.61. The van der Waals surface area contributed by atoms with E-state index in [-0.39, 0.29) is 6.54 Å². The summed E-state index contributed by atoms with van der Waals surface area (Å²) in [5.41, 5.74) is 0.922. The molecule has 1 aromatic heterocycles. The number of carbonyl (C=O) groups is 1. The van der Waals surface area contributed by atoms with E-state index in [0.717, 1.165) is 12.2 Å². The zero-order chi connectivity index (χ0) is 14.4. The van der Waals surface area contributed by atoms with Gasteiger partial charge in [-0.05, 0) is 20.0 Å². The van der Waals surface area contributed by atoms with Crippen molar-refractivity contribution in [3.8, 4) is 0 Å². The lowest BCUT2D eigenvalue weighted by atomic mass is 10.1. The first-order valence-corrected chi connectivity index (χ1v) is 6.33. The minimum absolute atomic E-state index is 0.0532. The molecule has 0 radical (unpaired) electrons. The van der Waals surface area contributed by atoms with Crippen LogP contribution in [0.2, 0.25) is 0 Å². The molecule has 19 heavy (non-hydrogen) atoms. The second-order valence-corrected chi connectivity index (χ2v) is 5.07. The molecule has 0 aliphatic heterocycles. The summed E-state index contributed by atoms with van der Waals surface area (Å²) in [7, 11) is 3.91. The van der Waals surface area contributed by atoms with Gasteiger partial charge in [0.1, 0.15) is 18.7 Å². The van der Waals surface area contributed by atoms with Crippen LogP contribution in [0, 0.1) is 0 Å². The molecule has 0 spiro atoms. The van der Waals surface area contributed by atoms with E-state index in [1.54, 1.807) is 4.90 Å². The zero-order valence-corrected chi connectivity index (χ0v) is 12.0. The molecule has 0 amide bonds. The minimum Gasteiger partial charge on any atom is -0.480 e. The molecule has 6 heteroatoms. The first-order chi connectivity index (χ1) is 8.90. The molecule has 0 aliphatic rings. The van der Waals surface area contributed by atoms with Crippen LogP contribution < -0.4 is 4.90 Å². The normalized spacial score (nSPS) is 11.1. The monoisotopic (exact) mass is 266 g/mol. The summed E-state index contributed by atoms with van der Waals surface area (Å²) < 4.78 is 0.